The van der Waals surface area contributed by atoms with Gasteiger partial charge >= 0.3 is 0 Å². The van der Waals surface area contributed by atoms with E-state index in [1.807, 2.05) is 0 Å². The Bertz CT molecular complexity index is 112. The number of rotatable bonds is 4. The lowest BCUT2D eigenvalue weighted by Crippen LogP contribution is -2.45. The van der Waals surface area contributed by atoms with Gasteiger partial charge in [-0.3, -0.25) is 0 Å². The fourth-order valence-electron chi connectivity index (χ4n) is 0.954. The predicted molar refractivity (Wildman–Crippen MR) is 50.8 cm³/mol. The molecule has 0 spiro atoms. The van der Waals surface area contributed by atoms with Crippen LogP contribution in [-0.4, -0.2) is 26.9 Å². The van der Waals surface area contributed by atoms with E-state index in [9.17, 15) is 0 Å². The normalized spacial score (nSPS) is 16.9. The lowest BCUT2D eigenvalue weighted by Gasteiger charge is -2.32. The molecule has 0 saturated heterocycles. The van der Waals surface area contributed by atoms with Crippen molar-refractivity contribution < 1.29 is 0 Å². The van der Waals surface area contributed by atoms with Gasteiger partial charge in [-0.1, -0.05) is 19.5 Å². The van der Waals surface area contributed by atoms with Crippen LogP contribution in [0.4, 0.5) is 0 Å². The molecule has 10 heavy (non-hydrogen) atoms. The van der Waals surface area contributed by atoms with Gasteiger partial charge in [-0.15, -0.1) is 6.58 Å². The van der Waals surface area contributed by atoms with E-state index in [4.69, 9.17) is 0 Å². The Balaban J connectivity index is 4.07. The van der Waals surface area contributed by atoms with Gasteiger partial charge in [0.25, 0.3) is 0 Å². The van der Waals surface area contributed by atoms with E-state index in [0.29, 0.717) is 0 Å². The SMILES string of the molecule is C=CC[Si](C)(CC)N(C)C. The highest BCUT2D eigenvalue weighted by molar-refractivity contribution is 6.76. The minimum absolute atomic E-state index is 1.09. The van der Waals surface area contributed by atoms with E-state index in [0.717, 1.165) is 0 Å². The Hall–Kier alpha value is -0.0831. The minimum Gasteiger partial charge on any atom is -0.329 e. The highest BCUT2D eigenvalue weighted by Gasteiger charge is 2.25. The molecular weight excluding hydrogens is 138 g/mol. The molecule has 0 aliphatic heterocycles. The molecule has 1 nitrogen and oxygen atoms in total. The minimum atomic E-state index is -1.09. The predicted octanol–water partition coefficient (Wildman–Crippen LogP) is 2.33. The standard InChI is InChI=1S/C8H19NSi/c1-6-8-10(5,7-2)9(3)4/h6H,1,7-8H2,2-5H3. The van der Waals surface area contributed by atoms with Crippen molar-refractivity contribution in [3.63, 3.8) is 0 Å². The van der Waals surface area contributed by atoms with Gasteiger partial charge < -0.3 is 4.57 Å². The molecule has 0 radical (unpaired) electrons. The van der Waals surface area contributed by atoms with Crippen molar-refractivity contribution in [1.29, 1.82) is 0 Å². The molecule has 0 aliphatic carbocycles. The Morgan fingerprint density at radius 3 is 2.10 bits per heavy atom. The van der Waals surface area contributed by atoms with Gasteiger partial charge in [-0.2, -0.15) is 0 Å². The maximum absolute atomic E-state index is 3.78. The van der Waals surface area contributed by atoms with Gasteiger partial charge in [-0.25, -0.2) is 0 Å². The molecule has 0 aromatic rings. The number of hydrogen-bond acceptors (Lipinski definition) is 1. The van der Waals surface area contributed by atoms with Crippen molar-refractivity contribution in [2.24, 2.45) is 0 Å². The zero-order valence-electron chi connectivity index (χ0n) is 7.65. The summed E-state index contributed by atoms with van der Waals surface area (Å²) in [6.07, 6.45) is 2.05. The van der Waals surface area contributed by atoms with Crippen molar-refractivity contribution in [3.05, 3.63) is 12.7 Å². The first-order valence-electron chi connectivity index (χ1n) is 3.85. The first kappa shape index (κ1) is 9.92. The molecule has 0 amide bonds. The summed E-state index contributed by atoms with van der Waals surface area (Å²) in [7, 11) is 3.27. The van der Waals surface area contributed by atoms with Gasteiger partial charge in [0.2, 0.25) is 0 Å². The zero-order chi connectivity index (χ0) is 8.20. The fourth-order valence-corrected chi connectivity index (χ4v) is 2.86. The van der Waals surface area contributed by atoms with E-state index in [1.165, 1.54) is 12.1 Å². The summed E-state index contributed by atoms with van der Waals surface area (Å²) in [4.78, 5) is 0. The highest BCUT2D eigenvalue weighted by Crippen LogP contribution is 2.17. The summed E-state index contributed by atoms with van der Waals surface area (Å²) < 4.78 is 2.40. The summed E-state index contributed by atoms with van der Waals surface area (Å²) in [5.41, 5.74) is 0. The molecule has 0 aromatic heterocycles. The van der Waals surface area contributed by atoms with Gasteiger partial charge in [-0.05, 0) is 26.2 Å². The van der Waals surface area contributed by atoms with Crippen LogP contribution in [0, 0.1) is 0 Å². The number of hydrogen-bond donors (Lipinski definition) is 0. The van der Waals surface area contributed by atoms with Gasteiger partial charge in [0.05, 0.1) is 0 Å². The highest BCUT2D eigenvalue weighted by atomic mass is 28.3. The van der Waals surface area contributed by atoms with E-state index < -0.39 is 8.24 Å². The van der Waals surface area contributed by atoms with Crippen LogP contribution in [0.2, 0.25) is 18.6 Å². The summed E-state index contributed by atoms with van der Waals surface area (Å²) in [6.45, 7) is 8.46. The van der Waals surface area contributed by atoms with Crippen LogP contribution >= 0.6 is 0 Å². The Labute approximate surface area is 65.8 Å². The van der Waals surface area contributed by atoms with E-state index in [2.05, 4.69) is 44.8 Å². The smallest absolute Gasteiger partial charge is 0.128 e. The molecule has 1 atom stereocenters. The lowest BCUT2D eigenvalue weighted by atomic mass is 10.8. The van der Waals surface area contributed by atoms with Crippen LogP contribution in [0.25, 0.3) is 0 Å². The molecule has 0 aliphatic rings. The van der Waals surface area contributed by atoms with Crippen molar-refractivity contribution in [3.8, 4) is 0 Å². The van der Waals surface area contributed by atoms with Crippen molar-refractivity contribution in [2.45, 2.75) is 25.6 Å². The van der Waals surface area contributed by atoms with Gasteiger partial charge in [0, 0.05) is 0 Å². The Morgan fingerprint density at radius 1 is 1.50 bits per heavy atom. The quantitative estimate of drug-likeness (QED) is 0.447. The molecule has 2 heteroatoms. The van der Waals surface area contributed by atoms with Crippen LogP contribution in [0.3, 0.4) is 0 Å². The molecule has 0 bridgehead atoms. The molecule has 0 N–H and O–H groups in total. The van der Waals surface area contributed by atoms with Crippen LogP contribution in [-0.2, 0) is 0 Å². The maximum atomic E-state index is 3.78. The average molecular weight is 157 g/mol. The summed E-state index contributed by atoms with van der Waals surface area (Å²) in [5.74, 6) is 0. The molecule has 60 valence electrons. The third kappa shape index (κ3) is 2.27. The van der Waals surface area contributed by atoms with Gasteiger partial charge in [0.15, 0.2) is 0 Å². The summed E-state index contributed by atoms with van der Waals surface area (Å²) in [6, 6.07) is 2.52. The number of nitrogens with zero attached hydrogens (tertiary/aromatic N) is 1. The monoisotopic (exact) mass is 157 g/mol. The topological polar surface area (TPSA) is 3.24 Å². The molecule has 0 heterocycles. The van der Waals surface area contributed by atoms with E-state index in [-0.39, 0.29) is 0 Å². The van der Waals surface area contributed by atoms with Crippen molar-refractivity contribution in [2.75, 3.05) is 14.1 Å². The largest absolute Gasteiger partial charge is 0.329 e. The van der Waals surface area contributed by atoms with E-state index in [1.54, 1.807) is 0 Å². The van der Waals surface area contributed by atoms with Crippen LogP contribution < -0.4 is 0 Å². The molecule has 1 unspecified atom stereocenters. The van der Waals surface area contributed by atoms with Crippen molar-refractivity contribution in [1.82, 2.24) is 4.57 Å². The zero-order valence-corrected chi connectivity index (χ0v) is 8.65. The molecule has 0 aromatic carbocycles. The van der Waals surface area contributed by atoms with E-state index >= 15 is 0 Å². The van der Waals surface area contributed by atoms with Crippen LogP contribution in [0.5, 0.6) is 0 Å². The summed E-state index contributed by atoms with van der Waals surface area (Å²) in [5, 5.41) is 0. The lowest BCUT2D eigenvalue weighted by molar-refractivity contribution is 0.614. The fraction of sp³-hybridized carbons (Fsp3) is 0.750. The van der Waals surface area contributed by atoms with Crippen LogP contribution in [0.15, 0.2) is 12.7 Å². The third-order valence-electron chi connectivity index (χ3n) is 2.43. The summed E-state index contributed by atoms with van der Waals surface area (Å²) >= 11 is 0. The Kier molecular flexibility index (Phi) is 3.90. The van der Waals surface area contributed by atoms with Crippen LogP contribution in [0.1, 0.15) is 6.92 Å². The maximum Gasteiger partial charge on any atom is 0.128 e. The van der Waals surface area contributed by atoms with Crippen molar-refractivity contribution >= 4 is 8.24 Å². The Morgan fingerprint density at radius 2 is 2.00 bits per heavy atom. The second kappa shape index (κ2) is 3.94. The molecule has 0 saturated carbocycles. The number of allylic oxidation sites excluding steroid dienone is 1. The second-order valence-corrected chi connectivity index (χ2v) is 8.24. The first-order chi connectivity index (χ1) is 4.56. The third-order valence-corrected chi connectivity index (χ3v) is 7.28. The first-order valence-corrected chi connectivity index (χ1v) is 6.71. The second-order valence-electron chi connectivity index (χ2n) is 3.24. The van der Waals surface area contributed by atoms with Gasteiger partial charge in [0.1, 0.15) is 8.24 Å². The molecule has 0 fully saturated rings. The molecular formula is C8H19NSi. The molecule has 0 rings (SSSR count). The average Bonchev–Trinajstić information content (AvgIpc) is 1.88.